The van der Waals surface area contributed by atoms with Gasteiger partial charge in [-0.15, -0.1) is 0 Å². The third-order valence-corrected chi connectivity index (χ3v) is 9.77. The molecule has 3 aromatic carbocycles. The fourth-order valence-electron chi connectivity index (χ4n) is 6.35. The molecule has 272 valence electrons. The molecule has 4 heteroatoms. The molecular weight excluding hydrogens is 602 g/mol. The molecule has 49 heavy (non-hydrogen) atoms. The molecule has 0 radical (unpaired) electrons. The fraction of sp³-hybridized carbons (Fsp3) is 0.600. The van der Waals surface area contributed by atoms with Gasteiger partial charge in [0.1, 0.15) is 17.2 Å². The largest absolute Gasteiger partial charge is 0.507 e. The van der Waals surface area contributed by atoms with Gasteiger partial charge in [-0.25, -0.2) is 0 Å². The van der Waals surface area contributed by atoms with E-state index >= 15 is 0 Å². The van der Waals surface area contributed by atoms with Crippen molar-refractivity contribution in [3.8, 4) is 17.2 Å². The van der Waals surface area contributed by atoms with Crippen molar-refractivity contribution in [3.05, 3.63) is 86.5 Å². The minimum atomic E-state index is -0.257. The molecule has 4 nitrogen and oxygen atoms in total. The zero-order valence-corrected chi connectivity index (χ0v) is 34.4. The van der Waals surface area contributed by atoms with Crippen molar-refractivity contribution in [1.82, 2.24) is 4.90 Å². The summed E-state index contributed by atoms with van der Waals surface area (Å²) in [6.07, 6.45) is 0. The van der Waals surface area contributed by atoms with Crippen LogP contribution in [-0.2, 0) is 52.1 Å². The van der Waals surface area contributed by atoms with Crippen LogP contribution in [0.4, 0.5) is 0 Å². The highest BCUT2D eigenvalue weighted by Crippen LogP contribution is 2.43. The van der Waals surface area contributed by atoms with Crippen molar-refractivity contribution >= 4 is 0 Å². The molecule has 0 unspecified atom stereocenters. The number of aromatic hydroxyl groups is 3. The summed E-state index contributed by atoms with van der Waals surface area (Å²) in [5.41, 5.74) is 7.72. The number of nitrogens with zero attached hydrogens (tertiary/aromatic N) is 1. The molecule has 0 aliphatic carbocycles. The number of benzene rings is 3. The molecule has 0 aromatic heterocycles. The van der Waals surface area contributed by atoms with E-state index in [2.05, 4.69) is 166 Å². The van der Waals surface area contributed by atoms with Crippen LogP contribution < -0.4 is 0 Å². The molecule has 0 saturated heterocycles. The predicted octanol–water partition coefficient (Wildman–Crippen LogP) is 11.8. The Hall–Kier alpha value is -2.98. The Labute approximate surface area is 300 Å². The zero-order valence-electron chi connectivity index (χ0n) is 34.4. The Balaban J connectivity index is 2.37. The van der Waals surface area contributed by atoms with E-state index in [1.54, 1.807) is 0 Å². The maximum atomic E-state index is 11.9. The van der Waals surface area contributed by atoms with Crippen LogP contribution in [0.3, 0.4) is 0 Å². The second-order valence-electron chi connectivity index (χ2n) is 20.7. The van der Waals surface area contributed by atoms with Crippen LogP contribution >= 0.6 is 0 Å². The summed E-state index contributed by atoms with van der Waals surface area (Å²) < 4.78 is 0. The van der Waals surface area contributed by atoms with Crippen LogP contribution in [-0.4, -0.2) is 20.2 Å². The second-order valence-corrected chi connectivity index (χ2v) is 20.7. The first kappa shape index (κ1) is 40.4. The topological polar surface area (TPSA) is 63.9 Å². The number of phenolic OH excluding ortho intramolecular Hbond substituents is 3. The molecule has 3 rings (SSSR count). The van der Waals surface area contributed by atoms with Gasteiger partial charge in [0.15, 0.2) is 0 Å². The van der Waals surface area contributed by atoms with Crippen LogP contribution in [0, 0.1) is 0 Å². The maximum Gasteiger partial charge on any atom is 0.123 e. The van der Waals surface area contributed by atoms with Gasteiger partial charge in [0.05, 0.1) is 0 Å². The lowest BCUT2D eigenvalue weighted by Crippen LogP contribution is -2.26. The first-order valence-corrected chi connectivity index (χ1v) is 18.1. The predicted molar refractivity (Wildman–Crippen MR) is 209 cm³/mol. The normalized spacial score (nSPS) is 13.8. The summed E-state index contributed by atoms with van der Waals surface area (Å²) in [5, 5.41) is 35.6. The van der Waals surface area contributed by atoms with Crippen molar-refractivity contribution < 1.29 is 15.3 Å². The first-order chi connectivity index (χ1) is 21.8. The first-order valence-electron chi connectivity index (χ1n) is 18.1. The van der Waals surface area contributed by atoms with Crippen LogP contribution in [0.5, 0.6) is 17.2 Å². The van der Waals surface area contributed by atoms with Crippen LogP contribution in [0.25, 0.3) is 0 Å². The highest BCUT2D eigenvalue weighted by molar-refractivity contribution is 5.52. The molecular formula is C45H69NO3. The molecule has 0 saturated carbocycles. The quantitative estimate of drug-likeness (QED) is 0.244. The molecule has 0 atom stereocenters. The van der Waals surface area contributed by atoms with Gasteiger partial charge in [-0.05, 0) is 65.9 Å². The van der Waals surface area contributed by atoms with Gasteiger partial charge in [-0.1, -0.05) is 161 Å². The second kappa shape index (κ2) is 13.3. The standard InChI is InChI=1S/C45H69NO3/c1-40(2,3)31-19-28(37(47)34(22-31)43(10,11)12)25-46(26-29-20-32(41(4,5)6)23-35(38(29)48)44(13,14)15)27-30-21-33(42(7,8)9)24-36(39(30)49)45(16,17)18/h19-24,47-49H,25-27H2,1-18H3. The summed E-state index contributed by atoms with van der Waals surface area (Å²) in [4.78, 5) is 2.27. The van der Waals surface area contributed by atoms with E-state index in [1.807, 2.05) is 0 Å². The van der Waals surface area contributed by atoms with E-state index in [1.165, 1.54) is 16.7 Å². The molecule has 0 spiro atoms. The lowest BCUT2D eigenvalue weighted by atomic mass is 9.78. The molecule has 0 aliphatic rings. The Morgan fingerprint density at radius 1 is 0.347 bits per heavy atom. The Kier molecular flexibility index (Phi) is 11.0. The highest BCUT2D eigenvalue weighted by atomic mass is 16.3. The van der Waals surface area contributed by atoms with Gasteiger partial charge < -0.3 is 15.3 Å². The lowest BCUT2D eigenvalue weighted by molar-refractivity contribution is 0.236. The summed E-state index contributed by atoms with van der Waals surface area (Å²) in [5.74, 6) is 0.949. The van der Waals surface area contributed by atoms with E-state index in [0.29, 0.717) is 36.9 Å². The van der Waals surface area contributed by atoms with E-state index in [9.17, 15) is 15.3 Å². The van der Waals surface area contributed by atoms with Gasteiger partial charge in [0.25, 0.3) is 0 Å². The zero-order chi connectivity index (χ0) is 37.9. The monoisotopic (exact) mass is 672 g/mol. The minimum absolute atomic E-state index is 0.116. The molecule has 0 bridgehead atoms. The third-order valence-electron chi connectivity index (χ3n) is 9.77. The SMILES string of the molecule is CC(C)(C)c1cc(CN(Cc2cc(C(C)(C)C)cc(C(C)(C)C)c2O)Cc2cc(C(C)(C)C)cc(C(C)(C)C)c2O)c(O)c(C(C)(C)C)c1. The third kappa shape index (κ3) is 9.63. The van der Waals surface area contributed by atoms with Gasteiger partial charge in [-0.2, -0.15) is 0 Å². The van der Waals surface area contributed by atoms with Gasteiger partial charge >= 0.3 is 0 Å². The molecule has 3 aromatic rings. The number of phenols is 3. The van der Waals surface area contributed by atoms with Crippen LogP contribution in [0.1, 0.15) is 175 Å². The van der Waals surface area contributed by atoms with Gasteiger partial charge in [-0.3, -0.25) is 4.90 Å². The fourth-order valence-corrected chi connectivity index (χ4v) is 6.35. The van der Waals surface area contributed by atoms with E-state index in [-0.39, 0.29) is 32.5 Å². The molecule has 0 heterocycles. The summed E-state index contributed by atoms with van der Waals surface area (Å²) in [6.45, 7) is 40.5. The summed E-state index contributed by atoms with van der Waals surface area (Å²) >= 11 is 0. The summed E-state index contributed by atoms with van der Waals surface area (Å²) in [7, 11) is 0. The maximum absolute atomic E-state index is 11.9. The number of rotatable bonds is 6. The van der Waals surface area contributed by atoms with Crippen LogP contribution in [0.15, 0.2) is 36.4 Å². The van der Waals surface area contributed by atoms with Crippen molar-refractivity contribution in [2.24, 2.45) is 0 Å². The molecule has 3 N–H and O–H groups in total. The number of hydrogen-bond acceptors (Lipinski definition) is 4. The highest BCUT2D eigenvalue weighted by Gasteiger charge is 2.30. The Morgan fingerprint density at radius 2 is 0.551 bits per heavy atom. The van der Waals surface area contributed by atoms with Gasteiger partial charge in [0, 0.05) is 36.3 Å². The average Bonchev–Trinajstić information content (AvgIpc) is 2.87. The van der Waals surface area contributed by atoms with Crippen molar-refractivity contribution in [2.75, 3.05) is 0 Å². The van der Waals surface area contributed by atoms with E-state index in [0.717, 1.165) is 33.4 Å². The molecule has 0 fully saturated rings. The van der Waals surface area contributed by atoms with Crippen molar-refractivity contribution in [2.45, 2.75) is 177 Å². The van der Waals surface area contributed by atoms with E-state index < -0.39 is 0 Å². The lowest BCUT2D eigenvalue weighted by Gasteiger charge is -2.32. The molecule has 0 amide bonds. The summed E-state index contributed by atoms with van der Waals surface area (Å²) in [6, 6.07) is 12.9. The van der Waals surface area contributed by atoms with Crippen molar-refractivity contribution in [1.29, 1.82) is 0 Å². The Bertz CT molecular complexity index is 1450. The Morgan fingerprint density at radius 3 is 0.714 bits per heavy atom. The van der Waals surface area contributed by atoms with Crippen LogP contribution in [0.2, 0.25) is 0 Å². The van der Waals surface area contributed by atoms with E-state index in [4.69, 9.17) is 0 Å². The number of hydrogen-bond donors (Lipinski definition) is 3. The molecule has 0 aliphatic heterocycles. The smallest absolute Gasteiger partial charge is 0.123 e. The average molecular weight is 672 g/mol. The minimum Gasteiger partial charge on any atom is -0.507 e. The van der Waals surface area contributed by atoms with Gasteiger partial charge in [0.2, 0.25) is 0 Å². The van der Waals surface area contributed by atoms with Crippen molar-refractivity contribution in [3.63, 3.8) is 0 Å².